The van der Waals surface area contributed by atoms with Crippen molar-refractivity contribution >= 4 is 5.95 Å². The van der Waals surface area contributed by atoms with Gasteiger partial charge in [0, 0.05) is 37.7 Å². The van der Waals surface area contributed by atoms with E-state index in [9.17, 15) is 0 Å². The molecule has 0 aliphatic heterocycles. The molecule has 2 rings (SSSR count). The van der Waals surface area contributed by atoms with Gasteiger partial charge in [0.15, 0.2) is 0 Å². The summed E-state index contributed by atoms with van der Waals surface area (Å²) in [4.78, 5) is 8.41. The second-order valence-electron chi connectivity index (χ2n) is 4.07. The molecule has 0 aliphatic carbocycles. The first kappa shape index (κ1) is 11.6. The summed E-state index contributed by atoms with van der Waals surface area (Å²) in [6, 6.07) is 0. The molecule has 0 radical (unpaired) electrons. The van der Waals surface area contributed by atoms with Crippen molar-refractivity contribution in [3.05, 3.63) is 35.4 Å². The molecule has 2 aromatic heterocycles. The van der Waals surface area contributed by atoms with Crippen LogP contribution in [0.5, 0.6) is 0 Å². The van der Waals surface area contributed by atoms with Crippen LogP contribution >= 0.6 is 0 Å². The Morgan fingerprint density at radius 3 is 2.65 bits per heavy atom. The van der Waals surface area contributed by atoms with E-state index in [1.165, 1.54) is 5.56 Å². The number of hydrogen-bond acceptors (Lipinski definition) is 4. The molecule has 0 bridgehead atoms. The molecule has 0 aliphatic rings. The summed E-state index contributed by atoms with van der Waals surface area (Å²) in [5.74, 6) is 0.654. The highest BCUT2D eigenvalue weighted by Gasteiger charge is 2.05. The molecule has 0 atom stereocenters. The van der Waals surface area contributed by atoms with Crippen LogP contribution in [0.1, 0.15) is 23.7 Å². The molecule has 2 heterocycles. The van der Waals surface area contributed by atoms with Gasteiger partial charge in [0.05, 0.1) is 5.69 Å². The topological polar surface area (TPSA) is 55.6 Å². The van der Waals surface area contributed by atoms with Gasteiger partial charge in [-0.15, -0.1) is 0 Å². The van der Waals surface area contributed by atoms with Crippen LogP contribution in [0.25, 0.3) is 0 Å². The van der Waals surface area contributed by atoms with Gasteiger partial charge in [-0.1, -0.05) is 6.92 Å². The Labute approximate surface area is 101 Å². The molecule has 5 nitrogen and oxygen atoms in total. The molecule has 0 fully saturated rings. The van der Waals surface area contributed by atoms with Crippen molar-refractivity contribution in [2.45, 2.75) is 26.8 Å². The fraction of sp³-hybridized carbons (Fsp3) is 0.417. The molecule has 17 heavy (non-hydrogen) atoms. The summed E-state index contributed by atoms with van der Waals surface area (Å²) in [6.45, 7) is 4.79. The molecule has 0 unspecified atom stereocenters. The zero-order valence-corrected chi connectivity index (χ0v) is 10.4. The van der Waals surface area contributed by atoms with E-state index in [4.69, 9.17) is 0 Å². The van der Waals surface area contributed by atoms with E-state index in [0.717, 1.165) is 17.7 Å². The van der Waals surface area contributed by atoms with E-state index in [0.29, 0.717) is 12.5 Å². The third-order valence-electron chi connectivity index (χ3n) is 2.54. The Kier molecular flexibility index (Phi) is 3.37. The fourth-order valence-electron chi connectivity index (χ4n) is 1.69. The molecule has 90 valence electrons. The zero-order chi connectivity index (χ0) is 12.3. The minimum Gasteiger partial charge on any atom is -0.350 e. The van der Waals surface area contributed by atoms with Gasteiger partial charge in [-0.25, -0.2) is 9.97 Å². The first-order valence-corrected chi connectivity index (χ1v) is 5.73. The molecule has 0 aromatic carbocycles. The lowest BCUT2D eigenvalue weighted by molar-refractivity contribution is 0.746. The first-order valence-electron chi connectivity index (χ1n) is 5.73. The average molecular weight is 231 g/mol. The summed E-state index contributed by atoms with van der Waals surface area (Å²) in [7, 11) is 1.94. The maximum atomic E-state index is 4.39. The second kappa shape index (κ2) is 4.95. The van der Waals surface area contributed by atoms with Crippen molar-refractivity contribution in [3.8, 4) is 0 Å². The van der Waals surface area contributed by atoms with Gasteiger partial charge in [0.1, 0.15) is 0 Å². The van der Waals surface area contributed by atoms with E-state index < -0.39 is 0 Å². The SMILES string of the molecule is CCc1nn(C)cc1CNc1ncc(C)cn1. The summed E-state index contributed by atoms with van der Waals surface area (Å²) in [5, 5.41) is 7.59. The number of anilines is 1. The second-order valence-corrected chi connectivity index (χ2v) is 4.07. The normalized spacial score (nSPS) is 10.5. The van der Waals surface area contributed by atoms with Crippen LogP contribution < -0.4 is 5.32 Å². The Morgan fingerprint density at radius 2 is 2.00 bits per heavy atom. The third-order valence-corrected chi connectivity index (χ3v) is 2.54. The number of nitrogens with one attached hydrogen (secondary N) is 1. The Bertz CT molecular complexity index is 486. The zero-order valence-electron chi connectivity index (χ0n) is 10.4. The lowest BCUT2D eigenvalue weighted by Gasteiger charge is -2.03. The van der Waals surface area contributed by atoms with E-state index in [1.54, 1.807) is 12.4 Å². The molecule has 0 saturated heterocycles. The van der Waals surface area contributed by atoms with Gasteiger partial charge in [-0.05, 0) is 18.9 Å². The minimum absolute atomic E-state index is 0.654. The highest BCUT2D eigenvalue weighted by Crippen LogP contribution is 2.09. The summed E-state index contributed by atoms with van der Waals surface area (Å²) in [5.41, 5.74) is 3.37. The number of aryl methyl sites for hydroxylation is 3. The lowest BCUT2D eigenvalue weighted by atomic mass is 10.2. The first-order chi connectivity index (χ1) is 8.19. The number of hydrogen-bond donors (Lipinski definition) is 1. The maximum absolute atomic E-state index is 4.39. The predicted octanol–water partition coefficient (Wildman–Crippen LogP) is 1.69. The largest absolute Gasteiger partial charge is 0.350 e. The third kappa shape index (κ3) is 2.81. The predicted molar refractivity (Wildman–Crippen MR) is 66.7 cm³/mol. The van der Waals surface area contributed by atoms with Crippen LogP contribution in [-0.2, 0) is 20.0 Å². The van der Waals surface area contributed by atoms with Gasteiger partial charge in [0.25, 0.3) is 0 Å². The van der Waals surface area contributed by atoms with E-state index in [1.807, 2.05) is 24.9 Å². The van der Waals surface area contributed by atoms with Crippen molar-refractivity contribution in [1.29, 1.82) is 0 Å². The van der Waals surface area contributed by atoms with Crippen LogP contribution in [0.3, 0.4) is 0 Å². The standard InChI is InChI=1S/C12H17N5/c1-4-11-10(8-17(3)16-11)7-15-12-13-5-9(2)6-14-12/h5-6,8H,4,7H2,1-3H3,(H,13,14,15). The van der Waals surface area contributed by atoms with Gasteiger partial charge in [-0.2, -0.15) is 5.10 Å². The number of aromatic nitrogens is 4. The summed E-state index contributed by atoms with van der Waals surface area (Å²) < 4.78 is 1.84. The van der Waals surface area contributed by atoms with Crippen molar-refractivity contribution in [1.82, 2.24) is 19.7 Å². The number of nitrogens with zero attached hydrogens (tertiary/aromatic N) is 4. The van der Waals surface area contributed by atoms with Crippen LogP contribution in [0.4, 0.5) is 5.95 Å². The molecule has 2 aromatic rings. The molecular weight excluding hydrogens is 214 g/mol. The quantitative estimate of drug-likeness (QED) is 0.870. The average Bonchev–Trinajstić information content (AvgIpc) is 2.69. The van der Waals surface area contributed by atoms with Crippen LogP contribution in [0.2, 0.25) is 0 Å². The maximum Gasteiger partial charge on any atom is 0.222 e. The van der Waals surface area contributed by atoms with Gasteiger partial charge < -0.3 is 5.32 Å². The van der Waals surface area contributed by atoms with Crippen molar-refractivity contribution in [2.24, 2.45) is 7.05 Å². The summed E-state index contributed by atoms with van der Waals surface area (Å²) in [6.07, 6.45) is 6.57. The van der Waals surface area contributed by atoms with Gasteiger partial charge >= 0.3 is 0 Å². The van der Waals surface area contributed by atoms with E-state index in [2.05, 4.69) is 27.3 Å². The molecule has 0 saturated carbocycles. The molecule has 5 heteroatoms. The van der Waals surface area contributed by atoms with Crippen molar-refractivity contribution in [3.63, 3.8) is 0 Å². The highest BCUT2D eigenvalue weighted by molar-refractivity contribution is 5.28. The molecule has 0 amide bonds. The molecule has 1 N–H and O–H groups in total. The van der Waals surface area contributed by atoms with Crippen LogP contribution in [0.15, 0.2) is 18.6 Å². The monoisotopic (exact) mass is 231 g/mol. The Morgan fingerprint density at radius 1 is 1.29 bits per heavy atom. The molecular formula is C12H17N5. The Balaban J connectivity index is 2.04. The lowest BCUT2D eigenvalue weighted by Crippen LogP contribution is -2.04. The fourth-order valence-corrected chi connectivity index (χ4v) is 1.69. The van der Waals surface area contributed by atoms with Crippen LogP contribution in [-0.4, -0.2) is 19.7 Å². The van der Waals surface area contributed by atoms with Gasteiger partial charge in [-0.3, -0.25) is 4.68 Å². The summed E-state index contributed by atoms with van der Waals surface area (Å²) >= 11 is 0. The van der Waals surface area contributed by atoms with Gasteiger partial charge in [0.2, 0.25) is 5.95 Å². The minimum atomic E-state index is 0.654. The van der Waals surface area contributed by atoms with E-state index >= 15 is 0 Å². The Hall–Kier alpha value is -1.91. The molecule has 0 spiro atoms. The van der Waals surface area contributed by atoms with Crippen LogP contribution in [0, 0.1) is 6.92 Å². The van der Waals surface area contributed by atoms with Crippen molar-refractivity contribution < 1.29 is 0 Å². The van der Waals surface area contributed by atoms with Crippen molar-refractivity contribution in [2.75, 3.05) is 5.32 Å². The van der Waals surface area contributed by atoms with E-state index in [-0.39, 0.29) is 0 Å². The smallest absolute Gasteiger partial charge is 0.222 e. The number of rotatable bonds is 4. The highest BCUT2D eigenvalue weighted by atomic mass is 15.3.